The summed E-state index contributed by atoms with van der Waals surface area (Å²) in [6.07, 6.45) is 0. The van der Waals surface area contributed by atoms with Crippen molar-refractivity contribution >= 4 is 34.1 Å². The average Bonchev–Trinajstić information content (AvgIpc) is 3.25. The van der Waals surface area contributed by atoms with Crippen molar-refractivity contribution < 1.29 is 0 Å². The number of nitriles is 1. The van der Waals surface area contributed by atoms with Crippen LogP contribution in [0.25, 0.3) is 22.2 Å². The molecule has 4 aromatic carbocycles. The zero-order chi connectivity index (χ0) is 24.4. The molecule has 2 nitrogen and oxygen atoms in total. The molecule has 1 aromatic heterocycles. The Bertz CT molecular complexity index is 1470. The number of benzene rings is 4. The predicted octanol–water partition coefficient (Wildman–Crippen LogP) is 6.76. The molecule has 0 radical (unpaired) electrons. The van der Waals surface area contributed by atoms with E-state index in [1.165, 1.54) is 32.7 Å². The third-order valence-electron chi connectivity index (χ3n) is 6.79. The Hall–Kier alpha value is -3.66. The van der Waals surface area contributed by atoms with Crippen LogP contribution in [0.1, 0.15) is 19.4 Å². The third-order valence-corrected chi connectivity index (χ3v) is 10.8. The van der Waals surface area contributed by atoms with Crippen LogP contribution in [-0.4, -0.2) is 11.2 Å². The fourth-order valence-corrected chi connectivity index (χ4v) is 8.53. The van der Waals surface area contributed by atoms with Gasteiger partial charge in [-0.15, -0.1) is 0 Å². The molecule has 5 rings (SSSR count). The molecule has 0 saturated carbocycles. The Labute approximate surface area is 208 Å². The first-order valence-electron chi connectivity index (χ1n) is 12.1. The highest BCUT2D eigenvalue weighted by molar-refractivity contribution is 7.95. The molecular formula is C32H30N2P+. The van der Waals surface area contributed by atoms with E-state index < -0.39 is 7.26 Å². The maximum atomic E-state index is 9.49. The van der Waals surface area contributed by atoms with Crippen molar-refractivity contribution in [1.82, 2.24) is 4.57 Å². The van der Waals surface area contributed by atoms with Crippen LogP contribution in [0.3, 0.4) is 0 Å². The standard InChI is InChI=1S/C32H30N2P/c1-24(2)23-34-30-19-18-25(22-33)20-26(30)21-31(34)29-16-10-11-17-32(29)35(3,27-12-6-4-7-13-27)28-14-8-5-9-15-28/h4-21,24H,23H2,1-3H3/q+1. The molecular weight excluding hydrogens is 443 g/mol. The van der Waals surface area contributed by atoms with E-state index in [1.807, 2.05) is 12.1 Å². The third kappa shape index (κ3) is 4.18. The Kier molecular flexibility index (Phi) is 6.29. The topological polar surface area (TPSA) is 28.7 Å². The first kappa shape index (κ1) is 23.1. The van der Waals surface area contributed by atoms with E-state index in [4.69, 9.17) is 0 Å². The summed E-state index contributed by atoms with van der Waals surface area (Å²) < 4.78 is 2.44. The van der Waals surface area contributed by atoms with E-state index >= 15 is 0 Å². The Morgan fingerprint density at radius 3 is 1.97 bits per heavy atom. The molecule has 5 aromatic rings. The van der Waals surface area contributed by atoms with E-state index in [0.717, 1.165) is 11.9 Å². The highest BCUT2D eigenvalue weighted by Gasteiger charge is 2.42. The summed E-state index contributed by atoms with van der Waals surface area (Å²) in [4.78, 5) is 0. The zero-order valence-electron chi connectivity index (χ0n) is 20.5. The van der Waals surface area contributed by atoms with Gasteiger partial charge in [-0.05, 0) is 66.6 Å². The number of hydrogen-bond donors (Lipinski definition) is 0. The van der Waals surface area contributed by atoms with Gasteiger partial charge in [0.15, 0.2) is 0 Å². The fourth-order valence-electron chi connectivity index (χ4n) is 5.09. The fraction of sp³-hybridized carbons (Fsp3) is 0.156. The van der Waals surface area contributed by atoms with Crippen molar-refractivity contribution in [3.63, 3.8) is 0 Å². The van der Waals surface area contributed by atoms with Crippen molar-refractivity contribution in [1.29, 1.82) is 5.26 Å². The number of rotatable bonds is 6. The van der Waals surface area contributed by atoms with Gasteiger partial charge in [-0.3, -0.25) is 0 Å². The summed E-state index contributed by atoms with van der Waals surface area (Å²) >= 11 is 0. The van der Waals surface area contributed by atoms with Crippen molar-refractivity contribution in [3.05, 3.63) is 115 Å². The molecule has 0 spiro atoms. The predicted molar refractivity (Wildman–Crippen MR) is 152 cm³/mol. The van der Waals surface area contributed by atoms with E-state index in [2.05, 4.69) is 128 Å². The normalized spacial score (nSPS) is 11.6. The van der Waals surface area contributed by atoms with Crippen molar-refractivity contribution in [3.8, 4) is 17.3 Å². The highest BCUT2D eigenvalue weighted by Crippen LogP contribution is 2.53. The maximum Gasteiger partial charge on any atom is 0.113 e. The summed E-state index contributed by atoms with van der Waals surface area (Å²) in [5.74, 6) is 0.497. The molecule has 3 heteroatoms. The summed E-state index contributed by atoms with van der Waals surface area (Å²) in [6, 6.07) is 41.5. The molecule has 172 valence electrons. The van der Waals surface area contributed by atoms with Gasteiger partial charge >= 0.3 is 0 Å². The largest absolute Gasteiger partial charge is 0.340 e. The van der Waals surface area contributed by atoms with Gasteiger partial charge in [0.25, 0.3) is 0 Å². The minimum atomic E-state index is -1.91. The van der Waals surface area contributed by atoms with Crippen molar-refractivity contribution in [2.75, 3.05) is 6.66 Å². The van der Waals surface area contributed by atoms with E-state index in [9.17, 15) is 5.26 Å². The van der Waals surface area contributed by atoms with Crippen LogP contribution < -0.4 is 15.9 Å². The number of nitrogens with zero attached hydrogens (tertiary/aromatic N) is 2. The lowest BCUT2D eigenvalue weighted by molar-refractivity contribution is 0.539. The van der Waals surface area contributed by atoms with Gasteiger partial charge < -0.3 is 4.57 Å². The Morgan fingerprint density at radius 1 is 0.771 bits per heavy atom. The molecule has 0 atom stereocenters. The molecule has 0 fully saturated rings. The smallest absolute Gasteiger partial charge is 0.113 e. The number of aromatic nitrogens is 1. The SMILES string of the molecule is CC(C)Cn1c(-c2ccccc2[P+](C)(c2ccccc2)c2ccccc2)cc2cc(C#N)ccc21. The van der Waals surface area contributed by atoms with Gasteiger partial charge in [-0.25, -0.2) is 0 Å². The quantitative estimate of drug-likeness (QED) is 0.251. The maximum absolute atomic E-state index is 9.49. The second kappa shape index (κ2) is 9.53. The molecule has 0 amide bonds. The summed E-state index contributed by atoms with van der Waals surface area (Å²) in [7, 11) is -1.91. The molecule has 0 bridgehead atoms. The van der Waals surface area contributed by atoms with Crippen LogP contribution in [0.15, 0.2) is 109 Å². The monoisotopic (exact) mass is 473 g/mol. The van der Waals surface area contributed by atoms with E-state index in [0.29, 0.717) is 11.5 Å². The molecule has 0 N–H and O–H groups in total. The molecule has 1 heterocycles. The van der Waals surface area contributed by atoms with Crippen LogP contribution in [0.2, 0.25) is 0 Å². The summed E-state index contributed by atoms with van der Waals surface area (Å²) in [5, 5.41) is 14.7. The second-order valence-corrected chi connectivity index (χ2v) is 13.1. The van der Waals surface area contributed by atoms with Crippen molar-refractivity contribution in [2.24, 2.45) is 5.92 Å². The van der Waals surface area contributed by atoms with Gasteiger partial charge in [-0.2, -0.15) is 5.26 Å². The highest BCUT2D eigenvalue weighted by atomic mass is 31.2. The minimum absolute atomic E-state index is 0.497. The molecule has 0 aliphatic heterocycles. The van der Waals surface area contributed by atoms with Crippen LogP contribution >= 0.6 is 7.26 Å². The lowest BCUT2D eigenvalue weighted by Crippen LogP contribution is -2.31. The van der Waals surface area contributed by atoms with Crippen LogP contribution in [-0.2, 0) is 6.54 Å². The van der Waals surface area contributed by atoms with Gasteiger partial charge in [0.05, 0.1) is 24.0 Å². The Morgan fingerprint density at radius 2 is 1.37 bits per heavy atom. The van der Waals surface area contributed by atoms with Gasteiger partial charge in [0.2, 0.25) is 0 Å². The van der Waals surface area contributed by atoms with Gasteiger partial charge in [-0.1, -0.05) is 62.4 Å². The number of hydrogen-bond acceptors (Lipinski definition) is 1. The summed E-state index contributed by atoms with van der Waals surface area (Å²) in [5.41, 5.74) is 4.37. The van der Waals surface area contributed by atoms with Gasteiger partial charge in [0.1, 0.15) is 23.2 Å². The van der Waals surface area contributed by atoms with Crippen LogP contribution in [0, 0.1) is 17.2 Å². The van der Waals surface area contributed by atoms with E-state index in [1.54, 1.807) is 0 Å². The first-order valence-corrected chi connectivity index (χ1v) is 14.4. The lowest BCUT2D eigenvalue weighted by atomic mass is 10.1. The average molecular weight is 474 g/mol. The minimum Gasteiger partial charge on any atom is -0.340 e. The number of fused-ring (bicyclic) bond motifs is 1. The summed E-state index contributed by atoms with van der Waals surface area (Å²) in [6.45, 7) is 7.89. The Balaban J connectivity index is 1.82. The molecule has 0 aliphatic rings. The van der Waals surface area contributed by atoms with Crippen molar-refractivity contribution in [2.45, 2.75) is 20.4 Å². The van der Waals surface area contributed by atoms with Crippen LogP contribution in [0.4, 0.5) is 0 Å². The molecule has 0 aliphatic carbocycles. The molecule has 0 unspecified atom stereocenters. The second-order valence-electron chi connectivity index (χ2n) is 9.61. The molecule has 0 saturated heterocycles. The van der Waals surface area contributed by atoms with E-state index in [-0.39, 0.29) is 0 Å². The lowest BCUT2D eigenvalue weighted by Gasteiger charge is -2.26. The van der Waals surface area contributed by atoms with Crippen LogP contribution in [0.5, 0.6) is 0 Å². The zero-order valence-corrected chi connectivity index (χ0v) is 21.4. The molecule has 35 heavy (non-hydrogen) atoms. The van der Waals surface area contributed by atoms with Gasteiger partial charge in [0, 0.05) is 23.0 Å². The first-order chi connectivity index (χ1) is 17.0.